The number of rotatable bonds is 4. The average Bonchev–Trinajstić information content (AvgIpc) is 2.23. The van der Waals surface area contributed by atoms with Gasteiger partial charge in [0.25, 0.3) is 5.91 Å². The standard InChI is InChI=1S/C11H14ClNO3/c1-2-8(12)6-13-11(16)7-3-9(14)5-10(15)4-7/h3-5,8,14-15H,2,6H2,1H3,(H,13,16). The molecule has 3 N–H and O–H groups in total. The smallest absolute Gasteiger partial charge is 0.251 e. The van der Waals surface area contributed by atoms with Gasteiger partial charge in [-0.15, -0.1) is 11.6 Å². The van der Waals surface area contributed by atoms with Crippen LogP contribution in [0.1, 0.15) is 23.7 Å². The Labute approximate surface area is 98.9 Å². The van der Waals surface area contributed by atoms with Crippen molar-refractivity contribution >= 4 is 17.5 Å². The molecule has 0 spiro atoms. The highest BCUT2D eigenvalue weighted by molar-refractivity contribution is 6.20. The summed E-state index contributed by atoms with van der Waals surface area (Å²) in [6.07, 6.45) is 0.757. The van der Waals surface area contributed by atoms with Gasteiger partial charge in [-0.1, -0.05) is 6.92 Å². The fourth-order valence-electron chi connectivity index (χ4n) is 1.18. The number of nitrogens with one attached hydrogen (secondary N) is 1. The number of alkyl halides is 1. The SMILES string of the molecule is CCC(Cl)CNC(=O)c1cc(O)cc(O)c1. The lowest BCUT2D eigenvalue weighted by Crippen LogP contribution is -2.29. The Morgan fingerprint density at radius 2 is 1.94 bits per heavy atom. The molecule has 0 aromatic heterocycles. The van der Waals surface area contributed by atoms with E-state index in [2.05, 4.69) is 5.32 Å². The molecule has 1 amide bonds. The summed E-state index contributed by atoms with van der Waals surface area (Å²) in [5, 5.41) is 20.9. The molecular weight excluding hydrogens is 230 g/mol. The van der Waals surface area contributed by atoms with Crippen molar-refractivity contribution in [1.29, 1.82) is 0 Å². The summed E-state index contributed by atoms with van der Waals surface area (Å²) < 4.78 is 0. The Kier molecular flexibility index (Phi) is 4.43. The first kappa shape index (κ1) is 12.6. The molecule has 16 heavy (non-hydrogen) atoms. The Hall–Kier alpha value is -1.42. The number of carbonyl (C=O) groups excluding carboxylic acids is 1. The van der Waals surface area contributed by atoms with E-state index in [0.29, 0.717) is 6.54 Å². The van der Waals surface area contributed by atoms with E-state index in [9.17, 15) is 15.0 Å². The second-order valence-corrected chi connectivity index (χ2v) is 4.07. The monoisotopic (exact) mass is 243 g/mol. The van der Waals surface area contributed by atoms with Crippen LogP contribution in [0, 0.1) is 0 Å². The maximum Gasteiger partial charge on any atom is 0.251 e. The minimum Gasteiger partial charge on any atom is -0.508 e. The second kappa shape index (κ2) is 5.61. The van der Waals surface area contributed by atoms with Crippen LogP contribution >= 0.6 is 11.6 Å². The van der Waals surface area contributed by atoms with Gasteiger partial charge in [-0.25, -0.2) is 0 Å². The van der Waals surface area contributed by atoms with Crippen LogP contribution in [0.2, 0.25) is 0 Å². The van der Waals surface area contributed by atoms with E-state index >= 15 is 0 Å². The predicted octanol–water partition coefficient (Wildman–Crippen LogP) is 1.85. The van der Waals surface area contributed by atoms with Gasteiger partial charge in [0.15, 0.2) is 0 Å². The van der Waals surface area contributed by atoms with Crippen molar-refractivity contribution in [1.82, 2.24) is 5.32 Å². The van der Waals surface area contributed by atoms with Crippen molar-refractivity contribution in [3.05, 3.63) is 23.8 Å². The van der Waals surface area contributed by atoms with Crippen LogP contribution in [0.4, 0.5) is 0 Å². The average molecular weight is 244 g/mol. The molecule has 0 fully saturated rings. The summed E-state index contributed by atoms with van der Waals surface area (Å²) in [6.45, 7) is 2.28. The number of hydrogen-bond acceptors (Lipinski definition) is 3. The number of aromatic hydroxyl groups is 2. The maximum atomic E-state index is 11.6. The Morgan fingerprint density at radius 1 is 1.38 bits per heavy atom. The molecule has 0 saturated carbocycles. The van der Waals surface area contributed by atoms with Gasteiger partial charge in [-0.05, 0) is 18.6 Å². The molecule has 0 heterocycles. The van der Waals surface area contributed by atoms with E-state index in [0.717, 1.165) is 12.5 Å². The van der Waals surface area contributed by atoms with Gasteiger partial charge in [0.05, 0.1) is 5.38 Å². The molecule has 0 radical (unpaired) electrons. The van der Waals surface area contributed by atoms with Crippen molar-refractivity contribution in [2.24, 2.45) is 0 Å². The van der Waals surface area contributed by atoms with Crippen molar-refractivity contribution in [3.63, 3.8) is 0 Å². The van der Waals surface area contributed by atoms with Gasteiger partial charge in [0.1, 0.15) is 11.5 Å². The predicted molar refractivity (Wildman–Crippen MR) is 62.0 cm³/mol. The zero-order valence-corrected chi connectivity index (χ0v) is 9.66. The van der Waals surface area contributed by atoms with Gasteiger partial charge in [-0.3, -0.25) is 4.79 Å². The number of phenols is 2. The van der Waals surface area contributed by atoms with Crippen LogP contribution in [0.5, 0.6) is 11.5 Å². The number of amides is 1. The van der Waals surface area contributed by atoms with Crippen LogP contribution in [-0.2, 0) is 0 Å². The van der Waals surface area contributed by atoms with E-state index in [1.807, 2.05) is 6.92 Å². The largest absolute Gasteiger partial charge is 0.508 e. The Bertz CT molecular complexity index is 361. The highest BCUT2D eigenvalue weighted by Gasteiger charge is 2.09. The maximum absolute atomic E-state index is 11.6. The van der Waals surface area contributed by atoms with Gasteiger partial charge in [0, 0.05) is 18.2 Å². The lowest BCUT2D eigenvalue weighted by Gasteiger charge is -2.09. The summed E-state index contributed by atoms with van der Waals surface area (Å²) in [5.74, 6) is -0.670. The highest BCUT2D eigenvalue weighted by atomic mass is 35.5. The summed E-state index contributed by atoms with van der Waals surface area (Å²) >= 11 is 5.85. The fraction of sp³-hybridized carbons (Fsp3) is 0.364. The third-order valence-corrected chi connectivity index (χ3v) is 2.55. The van der Waals surface area contributed by atoms with Crippen molar-refractivity contribution < 1.29 is 15.0 Å². The molecule has 1 rings (SSSR count). The normalized spacial score (nSPS) is 12.1. The second-order valence-electron chi connectivity index (χ2n) is 3.45. The first-order valence-electron chi connectivity index (χ1n) is 4.98. The lowest BCUT2D eigenvalue weighted by molar-refractivity contribution is 0.0952. The van der Waals surface area contributed by atoms with Gasteiger partial charge >= 0.3 is 0 Å². The van der Waals surface area contributed by atoms with Crippen LogP contribution in [0.15, 0.2) is 18.2 Å². The number of hydrogen-bond donors (Lipinski definition) is 3. The summed E-state index contributed by atoms with van der Waals surface area (Å²) in [7, 11) is 0. The molecule has 1 unspecified atom stereocenters. The number of phenolic OH excluding ortho intramolecular Hbond substituents is 2. The summed E-state index contributed by atoms with van der Waals surface area (Å²) in [4.78, 5) is 11.6. The number of carbonyl (C=O) groups is 1. The molecule has 1 aromatic carbocycles. The van der Waals surface area contributed by atoms with Crippen LogP contribution in [0.25, 0.3) is 0 Å². The quantitative estimate of drug-likeness (QED) is 0.707. The number of halogens is 1. The van der Waals surface area contributed by atoms with E-state index in [4.69, 9.17) is 11.6 Å². The van der Waals surface area contributed by atoms with Crippen LogP contribution in [0.3, 0.4) is 0 Å². The molecule has 4 nitrogen and oxygen atoms in total. The molecule has 0 aliphatic rings. The summed E-state index contributed by atoms with van der Waals surface area (Å²) in [6, 6.07) is 3.72. The summed E-state index contributed by atoms with van der Waals surface area (Å²) in [5.41, 5.74) is 0.206. The molecule has 88 valence electrons. The van der Waals surface area contributed by atoms with Gasteiger partial charge in [0.2, 0.25) is 0 Å². The molecule has 5 heteroatoms. The Balaban J connectivity index is 2.66. The van der Waals surface area contributed by atoms with Crippen molar-refractivity contribution in [3.8, 4) is 11.5 Å². The van der Waals surface area contributed by atoms with E-state index in [1.54, 1.807) is 0 Å². The topological polar surface area (TPSA) is 69.6 Å². The van der Waals surface area contributed by atoms with E-state index < -0.39 is 0 Å². The van der Waals surface area contributed by atoms with Gasteiger partial charge in [-0.2, -0.15) is 0 Å². The molecule has 1 aromatic rings. The van der Waals surface area contributed by atoms with E-state index in [1.165, 1.54) is 12.1 Å². The third kappa shape index (κ3) is 3.62. The van der Waals surface area contributed by atoms with E-state index in [-0.39, 0.29) is 28.3 Å². The number of benzene rings is 1. The highest BCUT2D eigenvalue weighted by Crippen LogP contribution is 2.20. The minimum atomic E-state index is -0.370. The van der Waals surface area contributed by atoms with Crippen molar-refractivity contribution in [2.45, 2.75) is 18.7 Å². The lowest BCUT2D eigenvalue weighted by atomic mass is 10.2. The van der Waals surface area contributed by atoms with Crippen molar-refractivity contribution in [2.75, 3.05) is 6.54 Å². The first-order chi connectivity index (χ1) is 7.52. The Morgan fingerprint density at radius 3 is 2.44 bits per heavy atom. The zero-order valence-electron chi connectivity index (χ0n) is 8.90. The third-order valence-electron chi connectivity index (χ3n) is 2.09. The first-order valence-corrected chi connectivity index (χ1v) is 5.42. The van der Waals surface area contributed by atoms with Crippen LogP contribution in [-0.4, -0.2) is 28.0 Å². The fourth-order valence-corrected chi connectivity index (χ4v) is 1.25. The molecule has 0 bridgehead atoms. The molecule has 0 aliphatic heterocycles. The minimum absolute atomic E-state index is 0.116. The molecule has 0 saturated heterocycles. The van der Waals surface area contributed by atoms with Crippen LogP contribution < -0.4 is 5.32 Å². The molecule has 0 aliphatic carbocycles. The molecule has 1 atom stereocenters. The zero-order chi connectivity index (χ0) is 12.1. The van der Waals surface area contributed by atoms with Gasteiger partial charge < -0.3 is 15.5 Å². The molecular formula is C11H14ClNO3.